The fraction of sp³-hybridized carbons (Fsp3) is 0.263. The summed E-state index contributed by atoms with van der Waals surface area (Å²) >= 11 is 0. The molecule has 0 N–H and O–H groups in total. The third-order valence-electron chi connectivity index (χ3n) is 4.26. The molecule has 5 nitrogen and oxygen atoms in total. The molecular weight excluding hydrogens is 363 g/mol. The van der Waals surface area contributed by atoms with Gasteiger partial charge in [-0.1, -0.05) is 0 Å². The molecule has 0 unspecified atom stereocenters. The van der Waals surface area contributed by atoms with Crippen LogP contribution in [0.1, 0.15) is 12.0 Å². The highest BCUT2D eigenvalue weighted by atomic mass is 19.2. The first-order valence-corrected chi connectivity index (χ1v) is 8.13. The van der Waals surface area contributed by atoms with Crippen molar-refractivity contribution in [2.24, 2.45) is 5.92 Å². The van der Waals surface area contributed by atoms with Gasteiger partial charge in [0.1, 0.15) is 12.4 Å². The predicted octanol–water partition coefficient (Wildman–Crippen LogP) is 3.21. The maximum atomic E-state index is 13.2. The molecule has 3 rings (SSSR count). The lowest BCUT2D eigenvalue weighted by molar-refractivity contribution is -0.145. The van der Waals surface area contributed by atoms with E-state index in [1.54, 1.807) is 24.3 Å². The third kappa shape index (κ3) is 4.05. The second-order valence-electron chi connectivity index (χ2n) is 6.08. The zero-order valence-corrected chi connectivity index (χ0v) is 14.4. The van der Waals surface area contributed by atoms with Crippen LogP contribution in [0.2, 0.25) is 0 Å². The first-order valence-electron chi connectivity index (χ1n) is 8.13. The minimum Gasteiger partial charge on any atom is -0.489 e. The van der Waals surface area contributed by atoms with E-state index >= 15 is 0 Å². The smallest absolute Gasteiger partial charge is 0.311 e. The lowest BCUT2D eigenvalue weighted by Gasteiger charge is -2.17. The van der Waals surface area contributed by atoms with Crippen molar-refractivity contribution in [3.8, 4) is 5.75 Å². The second-order valence-corrected chi connectivity index (χ2v) is 6.08. The van der Waals surface area contributed by atoms with E-state index in [0.29, 0.717) is 11.4 Å². The largest absolute Gasteiger partial charge is 0.489 e. The summed E-state index contributed by atoms with van der Waals surface area (Å²) in [4.78, 5) is 25.1. The van der Waals surface area contributed by atoms with Gasteiger partial charge in [0.05, 0.1) is 13.0 Å². The Bertz CT molecular complexity index is 847. The third-order valence-corrected chi connectivity index (χ3v) is 4.26. The molecular formula is C19H16F3NO4. The number of hydrogen-bond acceptors (Lipinski definition) is 4. The lowest BCUT2D eigenvalue weighted by Crippen LogP contribution is -2.26. The standard InChI is InChI=1S/C19H16F3NO4/c1-26-19(25)12-8-17(24)23(9-12)13-2-4-14(5-3-13)27-10-11-6-15(20)18(22)16(21)7-11/h2-7,12H,8-10H2,1H3/t12-/m0/s1. The van der Waals surface area contributed by atoms with E-state index in [1.165, 1.54) is 12.0 Å². The molecule has 0 bridgehead atoms. The normalized spacial score (nSPS) is 16.5. The summed E-state index contributed by atoms with van der Waals surface area (Å²) in [5, 5.41) is 0. The zero-order chi connectivity index (χ0) is 19.6. The van der Waals surface area contributed by atoms with Crippen LogP contribution < -0.4 is 9.64 Å². The SMILES string of the molecule is COC(=O)[C@H]1CC(=O)N(c2ccc(OCc3cc(F)c(F)c(F)c3)cc2)C1. The number of ether oxygens (including phenoxy) is 2. The highest BCUT2D eigenvalue weighted by molar-refractivity contribution is 5.99. The van der Waals surface area contributed by atoms with Crippen molar-refractivity contribution in [3.05, 3.63) is 59.4 Å². The average Bonchev–Trinajstić information content (AvgIpc) is 3.05. The average molecular weight is 379 g/mol. The molecule has 1 amide bonds. The maximum absolute atomic E-state index is 13.2. The van der Waals surface area contributed by atoms with E-state index in [1.807, 2.05) is 0 Å². The number of rotatable bonds is 5. The van der Waals surface area contributed by atoms with Crippen molar-refractivity contribution < 1.29 is 32.2 Å². The van der Waals surface area contributed by atoms with Crippen LogP contribution in [0.25, 0.3) is 0 Å². The van der Waals surface area contributed by atoms with Gasteiger partial charge in [0.2, 0.25) is 5.91 Å². The van der Waals surface area contributed by atoms with E-state index < -0.39 is 29.3 Å². The van der Waals surface area contributed by atoms with Crippen LogP contribution in [0.4, 0.5) is 18.9 Å². The zero-order valence-electron chi connectivity index (χ0n) is 14.4. The monoisotopic (exact) mass is 379 g/mol. The molecule has 27 heavy (non-hydrogen) atoms. The van der Waals surface area contributed by atoms with Gasteiger partial charge < -0.3 is 14.4 Å². The number of anilines is 1. The minimum atomic E-state index is -1.52. The highest BCUT2D eigenvalue weighted by Gasteiger charge is 2.35. The number of methoxy groups -OCH3 is 1. The summed E-state index contributed by atoms with van der Waals surface area (Å²) in [7, 11) is 1.28. The quantitative estimate of drug-likeness (QED) is 0.591. The second kappa shape index (κ2) is 7.69. The predicted molar refractivity (Wildman–Crippen MR) is 89.6 cm³/mol. The van der Waals surface area contributed by atoms with E-state index in [0.717, 1.165) is 12.1 Å². The number of halogens is 3. The summed E-state index contributed by atoms with van der Waals surface area (Å²) in [6.45, 7) is 0.0837. The Morgan fingerprint density at radius 3 is 2.37 bits per heavy atom. The molecule has 1 saturated heterocycles. The van der Waals surface area contributed by atoms with Crippen LogP contribution in [-0.2, 0) is 20.9 Å². The van der Waals surface area contributed by atoms with Gasteiger partial charge in [-0.05, 0) is 42.0 Å². The molecule has 1 fully saturated rings. The molecule has 2 aromatic carbocycles. The molecule has 142 valence electrons. The van der Waals surface area contributed by atoms with E-state index in [9.17, 15) is 22.8 Å². The van der Waals surface area contributed by atoms with E-state index in [4.69, 9.17) is 4.74 Å². The Morgan fingerprint density at radius 1 is 1.15 bits per heavy atom. The number of carbonyl (C=O) groups is 2. The minimum absolute atomic E-state index is 0.0899. The van der Waals surface area contributed by atoms with Gasteiger partial charge in [-0.15, -0.1) is 0 Å². The number of carbonyl (C=O) groups excluding carboxylic acids is 2. The van der Waals surface area contributed by atoms with Crippen molar-refractivity contribution in [2.75, 3.05) is 18.6 Å². The van der Waals surface area contributed by atoms with E-state index in [2.05, 4.69) is 4.74 Å². The van der Waals surface area contributed by atoms with Crippen LogP contribution in [0.3, 0.4) is 0 Å². The van der Waals surface area contributed by atoms with Gasteiger partial charge in [0, 0.05) is 18.7 Å². The Kier molecular flexibility index (Phi) is 5.34. The van der Waals surface area contributed by atoms with Gasteiger partial charge in [-0.2, -0.15) is 0 Å². The highest BCUT2D eigenvalue weighted by Crippen LogP contribution is 2.27. The van der Waals surface area contributed by atoms with Gasteiger partial charge in [-0.25, -0.2) is 13.2 Å². The Hall–Kier alpha value is -3.03. The first-order chi connectivity index (χ1) is 12.9. The van der Waals surface area contributed by atoms with Crippen molar-refractivity contribution in [3.63, 3.8) is 0 Å². The molecule has 8 heteroatoms. The van der Waals surface area contributed by atoms with Gasteiger partial charge in [0.25, 0.3) is 0 Å². The summed E-state index contributed by atoms with van der Waals surface area (Å²) in [6.07, 6.45) is 0.0899. The van der Waals surface area contributed by atoms with Crippen LogP contribution in [0.5, 0.6) is 5.75 Å². The Morgan fingerprint density at radius 2 is 1.78 bits per heavy atom. The summed E-state index contributed by atoms with van der Waals surface area (Å²) in [6, 6.07) is 8.18. The fourth-order valence-corrected chi connectivity index (χ4v) is 2.86. The molecule has 0 aromatic heterocycles. The van der Waals surface area contributed by atoms with Crippen molar-refractivity contribution >= 4 is 17.6 Å². The molecule has 1 aliphatic rings. The number of esters is 1. The summed E-state index contributed by atoms with van der Waals surface area (Å²) in [5.74, 6) is -4.79. The molecule has 0 saturated carbocycles. The number of hydrogen-bond donors (Lipinski definition) is 0. The van der Waals surface area contributed by atoms with E-state index in [-0.39, 0.29) is 31.0 Å². The van der Waals surface area contributed by atoms with Crippen LogP contribution in [-0.4, -0.2) is 25.5 Å². The van der Waals surface area contributed by atoms with Crippen molar-refractivity contribution in [1.82, 2.24) is 0 Å². The molecule has 0 radical (unpaired) electrons. The van der Waals surface area contributed by atoms with Crippen LogP contribution in [0.15, 0.2) is 36.4 Å². The van der Waals surface area contributed by atoms with Crippen molar-refractivity contribution in [1.29, 1.82) is 0 Å². The Balaban J connectivity index is 1.64. The van der Waals surface area contributed by atoms with Gasteiger partial charge >= 0.3 is 5.97 Å². The lowest BCUT2D eigenvalue weighted by atomic mass is 10.1. The van der Waals surface area contributed by atoms with Gasteiger partial charge in [0.15, 0.2) is 17.5 Å². The fourth-order valence-electron chi connectivity index (χ4n) is 2.86. The molecule has 1 heterocycles. The molecule has 0 aliphatic carbocycles. The summed E-state index contributed by atoms with van der Waals surface area (Å²) < 4.78 is 49.4. The maximum Gasteiger partial charge on any atom is 0.311 e. The number of benzene rings is 2. The number of nitrogens with zero attached hydrogens (tertiary/aromatic N) is 1. The Labute approximate surface area is 153 Å². The molecule has 0 spiro atoms. The van der Waals surface area contributed by atoms with Gasteiger partial charge in [-0.3, -0.25) is 9.59 Å². The van der Waals surface area contributed by atoms with Crippen LogP contribution >= 0.6 is 0 Å². The molecule has 2 aromatic rings. The topological polar surface area (TPSA) is 55.8 Å². The molecule has 1 aliphatic heterocycles. The summed E-state index contributed by atoms with van der Waals surface area (Å²) in [5.41, 5.74) is 0.740. The number of amides is 1. The van der Waals surface area contributed by atoms with Crippen LogP contribution in [0, 0.1) is 23.4 Å². The first kappa shape index (κ1) is 18.8. The van der Waals surface area contributed by atoms with Crippen molar-refractivity contribution in [2.45, 2.75) is 13.0 Å². The molecule has 1 atom stereocenters.